The van der Waals surface area contributed by atoms with E-state index in [1.807, 2.05) is 12.1 Å². The van der Waals surface area contributed by atoms with Gasteiger partial charge < -0.3 is 14.8 Å². The molecule has 0 atom stereocenters. The maximum Gasteiger partial charge on any atom is 0.181 e. The second-order valence-electron chi connectivity index (χ2n) is 4.35. The molecule has 2 aromatic carbocycles. The van der Waals surface area contributed by atoms with Gasteiger partial charge in [-0.1, -0.05) is 28.1 Å². The van der Waals surface area contributed by atoms with Crippen molar-refractivity contribution in [1.29, 1.82) is 0 Å². The number of hydrogen-bond donors (Lipinski definition) is 1. The van der Waals surface area contributed by atoms with Gasteiger partial charge in [-0.3, -0.25) is 4.79 Å². The molecule has 1 N–H and O–H groups in total. The molecule has 5 heteroatoms. The molecule has 0 heterocycles. The predicted octanol–water partition coefficient (Wildman–Crippen LogP) is 3.76. The van der Waals surface area contributed by atoms with Gasteiger partial charge in [0.1, 0.15) is 11.5 Å². The largest absolute Gasteiger partial charge is 0.497 e. The standard InChI is InChI=1S/C16H16BrNO3/c1-20-13-7-8-16(21-2)14(9-13)18-10-15(19)11-3-5-12(17)6-4-11/h3-9,18H,10H2,1-2H3. The number of carbonyl (C=O) groups is 1. The van der Waals surface area contributed by atoms with E-state index in [2.05, 4.69) is 21.2 Å². The van der Waals surface area contributed by atoms with E-state index in [4.69, 9.17) is 9.47 Å². The number of carbonyl (C=O) groups excluding carboxylic acids is 1. The average Bonchev–Trinajstić information content (AvgIpc) is 2.52. The molecule has 0 bridgehead atoms. The van der Waals surface area contributed by atoms with Crippen molar-refractivity contribution in [2.45, 2.75) is 0 Å². The Kier molecular flexibility index (Phi) is 5.22. The monoisotopic (exact) mass is 349 g/mol. The summed E-state index contributed by atoms with van der Waals surface area (Å²) < 4.78 is 11.4. The molecule has 0 aromatic heterocycles. The highest BCUT2D eigenvalue weighted by Crippen LogP contribution is 2.28. The third-order valence-corrected chi connectivity index (χ3v) is 3.54. The number of ketones is 1. The van der Waals surface area contributed by atoms with E-state index in [0.717, 1.165) is 10.2 Å². The van der Waals surface area contributed by atoms with Gasteiger partial charge in [0.25, 0.3) is 0 Å². The van der Waals surface area contributed by atoms with Crippen LogP contribution in [0.2, 0.25) is 0 Å². The maximum absolute atomic E-state index is 12.1. The minimum absolute atomic E-state index is 0.00683. The number of halogens is 1. The van der Waals surface area contributed by atoms with Crippen LogP contribution in [0.1, 0.15) is 10.4 Å². The molecule has 0 saturated heterocycles. The van der Waals surface area contributed by atoms with Crippen LogP contribution in [-0.2, 0) is 0 Å². The van der Waals surface area contributed by atoms with Gasteiger partial charge in [-0.2, -0.15) is 0 Å². The molecular formula is C16H16BrNO3. The Morgan fingerprint density at radius 1 is 1.10 bits per heavy atom. The van der Waals surface area contributed by atoms with Gasteiger partial charge in [0, 0.05) is 16.1 Å². The maximum atomic E-state index is 12.1. The lowest BCUT2D eigenvalue weighted by molar-refractivity contribution is 0.101. The first kappa shape index (κ1) is 15.4. The Labute approximate surface area is 132 Å². The van der Waals surface area contributed by atoms with Gasteiger partial charge in [-0.25, -0.2) is 0 Å². The number of benzene rings is 2. The van der Waals surface area contributed by atoms with Crippen LogP contribution in [0.5, 0.6) is 11.5 Å². The van der Waals surface area contributed by atoms with E-state index in [-0.39, 0.29) is 12.3 Å². The summed E-state index contributed by atoms with van der Waals surface area (Å²) in [5, 5.41) is 3.09. The quantitative estimate of drug-likeness (QED) is 0.806. The zero-order valence-corrected chi connectivity index (χ0v) is 13.4. The van der Waals surface area contributed by atoms with Crippen LogP contribution >= 0.6 is 15.9 Å². The van der Waals surface area contributed by atoms with Crippen molar-refractivity contribution in [3.05, 3.63) is 52.5 Å². The van der Waals surface area contributed by atoms with Gasteiger partial charge in [-0.05, 0) is 24.3 Å². The topological polar surface area (TPSA) is 47.6 Å². The second-order valence-corrected chi connectivity index (χ2v) is 5.27. The normalized spacial score (nSPS) is 10.0. The Morgan fingerprint density at radius 2 is 1.81 bits per heavy atom. The van der Waals surface area contributed by atoms with Crippen LogP contribution in [0.4, 0.5) is 5.69 Å². The minimum Gasteiger partial charge on any atom is -0.497 e. The second kappa shape index (κ2) is 7.13. The fourth-order valence-electron chi connectivity index (χ4n) is 1.87. The molecule has 0 unspecified atom stereocenters. The molecule has 2 aromatic rings. The molecule has 0 saturated carbocycles. The molecule has 0 radical (unpaired) electrons. The first-order valence-electron chi connectivity index (χ1n) is 6.38. The summed E-state index contributed by atoms with van der Waals surface area (Å²) in [5.74, 6) is 1.38. The molecule has 0 spiro atoms. The van der Waals surface area contributed by atoms with E-state index in [1.54, 1.807) is 44.6 Å². The highest BCUT2D eigenvalue weighted by Gasteiger charge is 2.09. The van der Waals surface area contributed by atoms with Crippen LogP contribution in [0.25, 0.3) is 0 Å². The van der Waals surface area contributed by atoms with Crippen molar-refractivity contribution in [2.75, 3.05) is 26.1 Å². The third-order valence-electron chi connectivity index (χ3n) is 3.01. The Morgan fingerprint density at radius 3 is 2.43 bits per heavy atom. The molecule has 0 aliphatic heterocycles. The van der Waals surface area contributed by atoms with Crippen LogP contribution in [0.3, 0.4) is 0 Å². The lowest BCUT2D eigenvalue weighted by Crippen LogP contribution is -2.14. The first-order valence-corrected chi connectivity index (χ1v) is 7.18. The smallest absolute Gasteiger partial charge is 0.181 e. The number of hydrogen-bond acceptors (Lipinski definition) is 4. The first-order chi connectivity index (χ1) is 10.1. The molecule has 0 amide bonds. The average molecular weight is 350 g/mol. The predicted molar refractivity (Wildman–Crippen MR) is 86.5 cm³/mol. The van der Waals surface area contributed by atoms with E-state index >= 15 is 0 Å². The summed E-state index contributed by atoms with van der Waals surface area (Å²) >= 11 is 3.35. The third kappa shape index (κ3) is 3.98. The molecule has 4 nitrogen and oxygen atoms in total. The highest BCUT2D eigenvalue weighted by atomic mass is 79.9. The summed E-state index contributed by atoms with van der Waals surface area (Å²) in [7, 11) is 3.18. The molecule has 2 rings (SSSR count). The van der Waals surface area contributed by atoms with Crippen molar-refractivity contribution >= 4 is 27.4 Å². The SMILES string of the molecule is COc1ccc(OC)c(NCC(=O)c2ccc(Br)cc2)c1. The summed E-state index contributed by atoms with van der Waals surface area (Å²) in [6.45, 7) is 0.186. The number of nitrogens with one attached hydrogen (secondary N) is 1. The van der Waals surface area contributed by atoms with Crippen LogP contribution in [0.15, 0.2) is 46.9 Å². The number of methoxy groups -OCH3 is 2. The Balaban J connectivity index is 2.08. The van der Waals surface area contributed by atoms with Gasteiger partial charge in [-0.15, -0.1) is 0 Å². The van der Waals surface area contributed by atoms with Crippen molar-refractivity contribution in [3.63, 3.8) is 0 Å². The van der Waals surface area contributed by atoms with Crippen LogP contribution in [-0.4, -0.2) is 26.5 Å². The minimum atomic E-state index is 0.00683. The number of ether oxygens (including phenoxy) is 2. The van der Waals surface area contributed by atoms with Crippen LogP contribution < -0.4 is 14.8 Å². The fraction of sp³-hybridized carbons (Fsp3) is 0.188. The molecular weight excluding hydrogens is 334 g/mol. The van der Waals surface area contributed by atoms with Crippen molar-refractivity contribution in [3.8, 4) is 11.5 Å². The Hall–Kier alpha value is -2.01. The van der Waals surface area contributed by atoms with Crippen LogP contribution in [0, 0.1) is 0 Å². The molecule has 110 valence electrons. The van der Waals surface area contributed by atoms with Gasteiger partial charge in [0.15, 0.2) is 5.78 Å². The van der Waals surface area contributed by atoms with E-state index < -0.39 is 0 Å². The lowest BCUT2D eigenvalue weighted by atomic mass is 10.1. The summed E-state index contributed by atoms with van der Waals surface area (Å²) in [6, 6.07) is 12.7. The highest BCUT2D eigenvalue weighted by molar-refractivity contribution is 9.10. The number of Topliss-reactive ketones (excluding diaryl/α,β-unsaturated/α-hetero) is 1. The molecule has 0 aliphatic rings. The van der Waals surface area contributed by atoms with E-state index in [1.165, 1.54) is 0 Å². The van der Waals surface area contributed by atoms with E-state index in [9.17, 15) is 4.79 Å². The van der Waals surface area contributed by atoms with Gasteiger partial charge in [0.2, 0.25) is 0 Å². The van der Waals surface area contributed by atoms with Gasteiger partial charge >= 0.3 is 0 Å². The van der Waals surface area contributed by atoms with Crippen molar-refractivity contribution in [1.82, 2.24) is 0 Å². The van der Waals surface area contributed by atoms with Crippen molar-refractivity contribution < 1.29 is 14.3 Å². The molecule has 0 fully saturated rings. The van der Waals surface area contributed by atoms with Crippen molar-refractivity contribution in [2.24, 2.45) is 0 Å². The summed E-state index contributed by atoms with van der Waals surface area (Å²) in [4.78, 5) is 12.1. The molecule has 21 heavy (non-hydrogen) atoms. The summed E-state index contributed by atoms with van der Waals surface area (Å²) in [6.07, 6.45) is 0. The van der Waals surface area contributed by atoms with Gasteiger partial charge in [0.05, 0.1) is 26.5 Å². The zero-order chi connectivity index (χ0) is 15.2. The van der Waals surface area contributed by atoms with E-state index in [0.29, 0.717) is 17.1 Å². The molecule has 0 aliphatic carbocycles. The fourth-order valence-corrected chi connectivity index (χ4v) is 2.13. The Bertz CT molecular complexity index is 626. The number of rotatable bonds is 6. The number of anilines is 1. The summed E-state index contributed by atoms with van der Waals surface area (Å²) in [5.41, 5.74) is 1.38. The lowest BCUT2D eigenvalue weighted by Gasteiger charge is -2.12. The zero-order valence-electron chi connectivity index (χ0n) is 11.9.